The SMILES string of the molecule is Cc1noc2nc(C(C)C)c(/C=C/[C@@H](O)C[C@@H](O)CC(=O)O)c(-c3ccc(F)cc3)c12. The number of fused-ring (bicyclic) bond motifs is 1. The highest BCUT2D eigenvalue weighted by molar-refractivity contribution is 5.98. The third-order valence-electron chi connectivity index (χ3n) is 4.95. The van der Waals surface area contributed by atoms with Crippen LogP contribution in [0.1, 0.15) is 49.6 Å². The van der Waals surface area contributed by atoms with E-state index in [4.69, 9.17) is 9.63 Å². The van der Waals surface area contributed by atoms with Crippen LogP contribution in [0.2, 0.25) is 0 Å². The molecule has 0 bridgehead atoms. The maximum atomic E-state index is 13.6. The van der Waals surface area contributed by atoms with Crippen molar-refractivity contribution in [2.24, 2.45) is 0 Å². The van der Waals surface area contributed by atoms with E-state index < -0.39 is 24.6 Å². The molecule has 0 spiro atoms. The number of pyridine rings is 1. The first-order chi connectivity index (χ1) is 14.7. The summed E-state index contributed by atoms with van der Waals surface area (Å²) in [6.07, 6.45) is 0.402. The van der Waals surface area contributed by atoms with Crippen LogP contribution >= 0.6 is 0 Å². The van der Waals surface area contributed by atoms with Gasteiger partial charge in [0.1, 0.15) is 5.82 Å². The minimum absolute atomic E-state index is 0.00315. The number of carboxylic acids is 1. The van der Waals surface area contributed by atoms with Crippen molar-refractivity contribution < 1.29 is 29.0 Å². The van der Waals surface area contributed by atoms with Crippen molar-refractivity contribution in [1.29, 1.82) is 0 Å². The van der Waals surface area contributed by atoms with Gasteiger partial charge in [0.15, 0.2) is 0 Å². The van der Waals surface area contributed by atoms with Crippen LogP contribution in [0.15, 0.2) is 34.9 Å². The first-order valence-electron chi connectivity index (χ1n) is 9.99. The van der Waals surface area contributed by atoms with Crippen molar-refractivity contribution in [3.63, 3.8) is 0 Å². The molecule has 8 heteroatoms. The molecule has 2 aromatic heterocycles. The molecule has 3 rings (SSSR count). The highest BCUT2D eigenvalue weighted by Crippen LogP contribution is 2.38. The fraction of sp³-hybridized carbons (Fsp3) is 0.348. The molecule has 0 aliphatic heterocycles. The van der Waals surface area contributed by atoms with Gasteiger partial charge in [-0.3, -0.25) is 4.79 Å². The number of carboxylic acid groups (broad SMARTS) is 1. The van der Waals surface area contributed by atoms with E-state index in [0.717, 1.165) is 11.1 Å². The van der Waals surface area contributed by atoms with Crippen molar-refractivity contribution in [2.75, 3.05) is 0 Å². The number of aryl methyl sites for hydroxylation is 1. The molecule has 0 aliphatic carbocycles. The number of halogens is 1. The first kappa shape index (κ1) is 22.6. The standard InChI is InChI=1S/C23H25FN2O5/c1-12(2)22-18(9-8-16(27)10-17(28)11-19(29)30)21(14-4-6-15(24)7-5-14)20-13(3)26-31-23(20)25-22/h4-9,12,16-17,27-28H,10-11H2,1-3H3,(H,29,30)/b9-8+/t16-,17-/m1/s1. The Morgan fingerprint density at radius 2 is 1.90 bits per heavy atom. The second-order valence-electron chi connectivity index (χ2n) is 7.81. The Bertz CT molecular complexity index is 1110. The van der Waals surface area contributed by atoms with E-state index in [-0.39, 0.29) is 18.2 Å². The number of hydrogen-bond donors (Lipinski definition) is 3. The normalized spacial score (nSPS) is 13.9. The summed E-state index contributed by atoms with van der Waals surface area (Å²) < 4.78 is 19.0. The maximum Gasteiger partial charge on any atom is 0.305 e. The van der Waals surface area contributed by atoms with Gasteiger partial charge in [0, 0.05) is 17.5 Å². The number of aromatic nitrogens is 2. The highest BCUT2D eigenvalue weighted by Gasteiger charge is 2.22. The quantitative estimate of drug-likeness (QED) is 0.495. The average molecular weight is 428 g/mol. The summed E-state index contributed by atoms with van der Waals surface area (Å²) in [5.74, 6) is -1.49. The molecule has 0 fully saturated rings. The molecule has 164 valence electrons. The van der Waals surface area contributed by atoms with Crippen molar-refractivity contribution in [3.8, 4) is 11.1 Å². The van der Waals surface area contributed by atoms with Crippen molar-refractivity contribution in [2.45, 2.75) is 51.7 Å². The molecular weight excluding hydrogens is 403 g/mol. The molecule has 2 atom stereocenters. The van der Waals surface area contributed by atoms with E-state index in [2.05, 4.69) is 10.1 Å². The number of carbonyl (C=O) groups is 1. The van der Waals surface area contributed by atoms with Crippen LogP contribution in [0.5, 0.6) is 0 Å². The molecule has 7 nitrogen and oxygen atoms in total. The summed E-state index contributed by atoms with van der Waals surface area (Å²) in [6, 6.07) is 6.05. The van der Waals surface area contributed by atoms with E-state index >= 15 is 0 Å². The number of nitrogens with zero attached hydrogens (tertiary/aromatic N) is 2. The zero-order chi connectivity index (χ0) is 22.7. The summed E-state index contributed by atoms with van der Waals surface area (Å²) in [5.41, 5.74) is 3.91. The van der Waals surface area contributed by atoms with Gasteiger partial charge in [-0.1, -0.05) is 43.3 Å². The molecule has 3 aromatic rings. The maximum absolute atomic E-state index is 13.6. The third kappa shape index (κ3) is 5.15. The number of aliphatic hydroxyl groups is 2. The van der Waals surface area contributed by atoms with Gasteiger partial charge in [0.2, 0.25) is 0 Å². The first-order valence-corrected chi connectivity index (χ1v) is 9.99. The topological polar surface area (TPSA) is 117 Å². The molecule has 0 saturated heterocycles. The minimum atomic E-state index is -1.17. The fourth-order valence-corrected chi connectivity index (χ4v) is 3.53. The number of hydrogen-bond acceptors (Lipinski definition) is 6. The van der Waals surface area contributed by atoms with Gasteiger partial charge in [0.25, 0.3) is 5.71 Å². The Morgan fingerprint density at radius 3 is 2.52 bits per heavy atom. The number of benzene rings is 1. The minimum Gasteiger partial charge on any atom is -0.481 e. The zero-order valence-corrected chi connectivity index (χ0v) is 17.5. The Labute approximate surface area is 178 Å². The van der Waals surface area contributed by atoms with Gasteiger partial charge < -0.3 is 19.8 Å². The van der Waals surface area contributed by atoms with Crippen molar-refractivity contribution in [1.82, 2.24) is 10.1 Å². The van der Waals surface area contributed by atoms with E-state index in [1.165, 1.54) is 18.2 Å². The smallest absolute Gasteiger partial charge is 0.305 e. The monoisotopic (exact) mass is 428 g/mol. The molecule has 0 aliphatic rings. The van der Waals surface area contributed by atoms with Crippen LogP contribution in [-0.4, -0.2) is 43.6 Å². The average Bonchev–Trinajstić information content (AvgIpc) is 3.06. The molecule has 3 N–H and O–H groups in total. The molecule has 2 heterocycles. The molecular formula is C23H25FN2O5. The van der Waals surface area contributed by atoms with Gasteiger partial charge >= 0.3 is 5.97 Å². The zero-order valence-electron chi connectivity index (χ0n) is 17.5. The molecule has 0 saturated carbocycles. The van der Waals surface area contributed by atoms with Gasteiger partial charge in [-0.25, -0.2) is 9.37 Å². The van der Waals surface area contributed by atoms with Crippen LogP contribution in [0.3, 0.4) is 0 Å². The van der Waals surface area contributed by atoms with Crippen LogP contribution in [-0.2, 0) is 4.79 Å². The summed E-state index contributed by atoms with van der Waals surface area (Å²) in [4.78, 5) is 15.4. The summed E-state index contributed by atoms with van der Waals surface area (Å²) in [5, 5.41) is 33.6. The Balaban J connectivity index is 2.13. The lowest BCUT2D eigenvalue weighted by Crippen LogP contribution is -2.19. The fourth-order valence-electron chi connectivity index (χ4n) is 3.53. The molecule has 1 aromatic carbocycles. The van der Waals surface area contributed by atoms with Crippen LogP contribution in [0, 0.1) is 12.7 Å². The molecule has 0 unspecified atom stereocenters. The molecule has 0 amide bonds. The lowest BCUT2D eigenvalue weighted by Gasteiger charge is -2.16. The van der Waals surface area contributed by atoms with Gasteiger partial charge in [-0.2, -0.15) is 0 Å². The summed E-state index contributed by atoms with van der Waals surface area (Å²) in [6.45, 7) is 5.73. The second-order valence-corrected chi connectivity index (χ2v) is 7.81. The Kier molecular flexibility index (Phi) is 6.82. The largest absolute Gasteiger partial charge is 0.481 e. The van der Waals surface area contributed by atoms with Gasteiger partial charge in [-0.05, 0) is 30.5 Å². The number of aliphatic hydroxyl groups excluding tert-OH is 2. The van der Waals surface area contributed by atoms with Crippen molar-refractivity contribution >= 4 is 23.1 Å². The van der Waals surface area contributed by atoms with E-state index in [0.29, 0.717) is 28.1 Å². The predicted octanol–water partition coefficient (Wildman–Crippen LogP) is 4.06. The van der Waals surface area contributed by atoms with Crippen LogP contribution < -0.4 is 0 Å². The Hall–Kier alpha value is -3.10. The van der Waals surface area contributed by atoms with Gasteiger partial charge in [0.05, 0.1) is 35.4 Å². The molecule has 31 heavy (non-hydrogen) atoms. The Morgan fingerprint density at radius 1 is 1.23 bits per heavy atom. The van der Waals surface area contributed by atoms with Gasteiger partial charge in [-0.15, -0.1) is 0 Å². The van der Waals surface area contributed by atoms with Crippen LogP contribution in [0.25, 0.3) is 28.3 Å². The number of rotatable bonds is 8. The van der Waals surface area contributed by atoms with E-state index in [9.17, 15) is 19.4 Å². The van der Waals surface area contributed by atoms with Crippen molar-refractivity contribution in [3.05, 3.63) is 53.1 Å². The van der Waals surface area contributed by atoms with Crippen LogP contribution in [0.4, 0.5) is 4.39 Å². The lowest BCUT2D eigenvalue weighted by molar-refractivity contribution is -0.139. The highest BCUT2D eigenvalue weighted by atomic mass is 19.1. The summed E-state index contributed by atoms with van der Waals surface area (Å²) >= 11 is 0. The number of aliphatic carboxylic acids is 1. The summed E-state index contributed by atoms with van der Waals surface area (Å²) in [7, 11) is 0. The third-order valence-corrected chi connectivity index (χ3v) is 4.95. The predicted molar refractivity (Wildman–Crippen MR) is 114 cm³/mol. The molecule has 0 radical (unpaired) electrons. The van der Waals surface area contributed by atoms with E-state index in [1.807, 2.05) is 13.8 Å². The second kappa shape index (κ2) is 9.36. The van der Waals surface area contributed by atoms with E-state index in [1.54, 1.807) is 25.1 Å². The lowest BCUT2D eigenvalue weighted by atomic mass is 9.91.